The molecule has 0 fully saturated rings. The van der Waals surface area contributed by atoms with Gasteiger partial charge < -0.3 is 14.4 Å². The molecule has 0 radical (unpaired) electrons. The minimum Gasteiger partial charge on any atom is -0.454 e. The highest BCUT2D eigenvalue weighted by Gasteiger charge is 2.19. The Morgan fingerprint density at radius 2 is 1.62 bits per heavy atom. The fourth-order valence-corrected chi connectivity index (χ4v) is 3.35. The standard InChI is InChI=1S/C24H25NO4/c1-15-5-10-21(11-16(15)2)25-17(3)12-22(18(25)4)23(27)14-29-24(28)20-8-6-19(13-26)7-9-20/h5-12,26H,13-14H2,1-4H3. The molecule has 2 aromatic carbocycles. The highest BCUT2D eigenvalue weighted by Crippen LogP contribution is 2.23. The molecule has 0 spiro atoms. The summed E-state index contributed by atoms with van der Waals surface area (Å²) in [6.07, 6.45) is 0. The van der Waals surface area contributed by atoms with E-state index in [1.807, 2.05) is 30.5 Å². The van der Waals surface area contributed by atoms with E-state index in [1.54, 1.807) is 24.3 Å². The van der Waals surface area contributed by atoms with Crippen molar-refractivity contribution in [2.24, 2.45) is 0 Å². The van der Waals surface area contributed by atoms with Crippen molar-refractivity contribution < 1.29 is 19.4 Å². The van der Waals surface area contributed by atoms with E-state index in [0.29, 0.717) is 16.7 Å². The molecule has 0 aliphatic heterocycles. The summed E-state index contributed by atoms with van der Waals surface area (Å²) in [6.45, 7) is 7.56. The molecule has 1 aromatic heterocycles. The van der Waals surface area contributed by atoms with E-state index in [9.17, 15) is 9.59 Å². The van der Waals surface area contributed by atoms with E-state index >= 15 is 0 Å². The van der Waals surface area contributed by atoms with Crippen LogP contribution in [0.5, 0.6) is 0 Å². The fraction of sp³-hybridized carbons (Fsp3) is 0.250. The van der Waals surface area contributed by atoms with Crippen molar-refractivity contribution in [3.8, 4) is 5.69 Å². The van der Waals surface area contributed by atoms with E-state index in [2.05, 4.69) is 26.0 Å². The third kappa shape index (κ3) is 4.30. The molecule has 0 aliphatic carbocycles. The van der Waals surface area contributed by atoms with E-state index in [-0.39, 0.29) is 19.0 Å². The molecule has 150 valence electrons. The number of rotatable bonds is 6. The van der Waals surface area contributed by atoms with Gasteiger partial charge in [-0.05, 0) is 74.7 Å². The molecule has 0 amide bonds. The van der Waals surface area contributed by atoms with Gasteiger partial charge in [-0.2, -0.15) is 0 Å². The van der Waals surface area contributed by atoms with Crippen LogP contribution in [0.3, 0.4) is 0 Å². The topological polar surface area (TPSA) is 68.5 Å². The van der Waals surface area contributed by atoms with E-state index < -0.39 is 5.97 Å². The maximum Gasteiger partial charge on any atom is 0.338 e. The second-order valence-corrected chi connectivity index (χ2v) is 7.24. The number of hydrogen-bond acceptors (Lipinski definition) is 4. The lowest BCUT2D eigenvalue weighted by molar-refractivity contribution is 0.0474. The van der Waals surface area contributed by atoms with Crippen LogP contribution in [0.4, 0.5) is 0 Å². The van der Waals surface area contributed by atoms with Crippen LogP contribution < -0.4 is 0 Å². The first-order valence-corrected chi connectivity index (χ1v) is 9.48. The molecule has 3 aromatic rings. The number of nitrogens with zero attached hydrogens (tertiary/aromatic N) is 1. The maximum absolute atomic E-state index is 12.7. The second kappa shape index (κ2) is 8.45. The van der Waals surface area contributed by atoms with Gasteiger partial charge >= 0.3 is 5.97 Å². The monoisotopic (exact) mass is 391 g/mol. The van der Waals surface area contributed by atoms with Gasteiger partial charge in [-0.15, -0.1) is 0 Å². The predicted octanol–water partition coefficient (Wildman–Crippen LogP) is 4.24. The summed E-state index contributed by atoms with van der Waals surface area (Å²) >= 11 is 0. The molecule has 0 saturated heterocycles. The van der Waals surface area contributed by atoms with Crippen molar-refractivity contribution >= 4 is 11.8 Å². The molecule has 0 bridgehead atoms. The molecular weight excluding hydrogens is 366 g/mol. The van der Waals surface area contributed by atoms with Crippen molar-refractivity contribution in [3.05, 3.63) is 87.7 Å². The molecular formula is C24H25NO4. The molecule has 0 saturated carbocycles. The molecule has 0 unspecified atom stereocenters. The summed E-state index contributed by atoms with van der Waals surface area (Å²) < 4.78 is 7.24. The SMILES string of the molecule is Cc1ccc(-n2c(C)cc(C(=O)COC(=O)c3ccc(CO)cc3)c2C)cc1C. The van der Waals surface area contributed by atoms with Gasteiger partial charge in [-0.25, -0.2) is 4.79 Å². The van der Waals surface area contributed by atoms with Gasteiger partial charge in [-0.1, -0.05) is 18.2 Å². The lowest BCUT2D eigenvalue weighted by atomic mass is 10.1. The molecule has 1 heterocycles. The lowest BCUT2D eigenvalue weighted by Crippen LogP contribution is -2.15. The first-order valence-electron chi connectivity index (χ1n) is 9.48. The predicted molar refractivity (Wildman–Crippen MR) is 112 cm³/mol. The number of ether oxygens (including phenoxy) is 1. The second-order valence-electron chi connectivity index (χ2n) is 7.24. The zero-order valence-corrected chi connectivity index (χ0v) is 17.2. The Bertz CT molecular complexity index is 1060. The number of carbonyl (C=O) groups is 2. The van der Waals surface area contributed by atoms with Crippen LogP contribution in [-0.2, 0) is 11.3 Å². The number of benzene rings is 2. The van der Waals surface area contributed by atoms with Gasteiger partial charge in [-0.3, -0.25) is 4.79 Å². The van der Waals surface area contributed by atoms with Crippen molar-refractivity contribution in [1.82, 2.24) is 4.57 Å². The first kappa shape index (κ1) is 20.6. The molecule has 0 atom stereocenters. The number of carbonyl (C=O) groups excluding carboxylic acids is 2. The summed E-state index contributed by atoms with van der Waals surface area (Å²) in [7, 11) is 0. The lowest BCUT2D eigenvalue weighted by Gasteiger charge is -2.12. The minimum absolute atomic E-state index is 0.0933. The van der Waals surface area contributed by atoms with Crippen LogP contribution in [-0.4, -0.2) is 28.0 Å². The number of esters is 1. The molecule has 29 heavy (non-hydrogen) atoms. The van der Waals surface area contributed by atoms with Gasteiger partial charge in [0.25, 0.3) is 0 Å². The van der Waals surface area contributed by atoms with Gasteiger partial charge in [0.05, 0.1) is 12.2 Å². The zero-order chi connectivity index (χ0) is 21.1. The number of ketones is 1. The molecule has 1 N–H and O–H groups in total. The van der Waals surface area contributed by atoms with Crippen molar-refractivity contribution in [2.45, 2.75) is 34.3 Å². The summed E-state index contributed by atoms with van der Waals surface area (Å²) in [5, 5.41) is 9.07. The quantitative estimate of drug-likeness (QED) is 0.504. The van der Waals surface area contributed by atoms with Crippen molar-refractivity contribution in [1.29, 1.82) is 0 Å². The average Bonchev–Trinajstić information content (AvgIpc) is 3.02. The number of hydrogen-bond donors (Lipinski definition) is 1. The minimum atomic E-state index is -0.564. The van der Waals surface area contributed by atoms with Crippen LogP contribution in [0, 0.1) is 27.7 Å². The van der Waals surface area contributed by atoms with Crippen molar-refractivity contribution in [3.63, 3.8) is 0 Å². The molecule has 3 rings (SSSR count). The number of aliphatic hydroxyl groups is 1. The third-order valence-electron chi connectivity index (χ3n) is 5.19. The third-order valence-corrected chi connectivity index (χ3v) is 5.19. The first-order chi connectivity index (χ1) is 13.8. The zero-order valence-electron chi connectivity index (χ0n) is 17.2. The van der Waals surface area contributed by atoms with Crippen LogP contribution in [0.2, 0.25) is 0 Å². The number of aryl methyl sites for hydroxylation is 3. The Morgan fingerprint density at radius 1 is 0.931 bits per heavy atom. The van der Waals surface area contributed by atoms with Crippen LogP contribution in [0.15, 0.2) is 48.5 Å². The summed E-state index contributed by atoms with van der Waals surface area (Å²) in [5.41, 5.74) is 6.76. The fourth-order valence-electron chi connectivity index (χ4n) is 3.35. The average molecular weight is 391 g/mol. The van der Waals surface area contributed by atoms with Gasteiger partial charge in [0.15, 0.2) is 6.61 Å². The van der Waals surface area contributed by atoms with Gasteiger partial charge in [0.2, 0.25) is 5.78 Å². The highest BCUT2D eigenvalue weighted by molar-refractivity contribution is 6.00. The maximum atomic E-state index is 12.7. The van der Waals surface area contributed by atoms with Crippen LogP contribution in [0.25, 0.3) is 5.69 Å². The molecule has 0 aliphatic rings. The Labute approximate surface area is 170 Å². The number of aliphatic hydroxyl groups excluding tert-OH is 1. The summed E-state index contributed by atoms with van der Waals surface area (Å²) in [4.78, 5) is 24.9. The Kier molecular flexibility index (Phi) is 5.99. The Hall–Kier alpha value is -3.18. The largest absolute Gasteiger partial charge is 0.454 e. The van der Waals surface area contributed by atoms with E-state index in [0.717, 1.165) is 17.1 Å². The number of aromatic nitrogens is 1. The Morgan fingerprint density at radius 3 is 2.24 bits per heavy atom. The van der Waals surface area contributed by atoms with Gasteiger partial charge in [0.1, 0.15) is 0 Å². The smallest absolute Gasteiger partial charge is 0.338 e. The van der Waals surface area contributed by atoms with Crippen LogP contribution >= 0.6 is 0 Å². The summed E-state index contributed by atoms with van der Waals surface area (Å²) in [6, 6.07) is 14.5. The van der Waals surface area contributed by atoms with Crippen LogP contribution in [0.1, 0.15) is 48.8 Å². The number of Topliss-reactive ketones (excluding diaryl/α,β-unsaturated/α-hetero) is 1. The Balaban J connectivity index is 1.75. The van der Waals surface area contributed by atoms with E-state index in [1.165, 1.54) is 11.1 Å². The molecule has 5 nitrogen and oxygen atoms in total. The van der Waals surface area contributed by atoms with Crippen molar-refractivity contribution in [2.75, 3.05) is 6.61 Å². The molecule has 5 heteroatoms. The normalized spacial score (nSPS) is 10.8. The van der Waals surface area contributed by atoms with Gasteiger partial charge in [0, 0.05) is 22.6 Å². The highest BCUT2D eigenvalue weighted by atomic mass is 16.5. The summed E-state index contributed by atoms with van der Waals surface area (Å²) in [5.74, 6) is -0.806. The van der Waals surface area contributed by atoms with E-state index in [4.69, 9.17) is 9.84 Å².